The number of nitro groups is 2. The maximum Gasteiger partial charge on any atom is 0.296 e. The third-order valence-corrected chi connectivity index (χ3v) is 2.97. The quantitative estimate of drug-likeness (QED) is 0.640. The minimum Gasteiger partial charge on any atom is -0.258 e. The summed E-state index contributed by atoms with van der Waals surface area (Å²) in [6, 6.07) is 1.02. The first kappa shape index (κ1) is 13.3. The zero-order valence-electron chi connectivity index (χ0n) is 7.86. The van der Waals surface area contributed by atoms with E-state index in [0.29, 0.717) is 12.1 Å². The zero-order chi connectivity index (χ0) is 13.4. The fourth-order valence-corrected chi connectivity index (χ4v) is 2.05. The lowest BCUT2D eigenvalue weighted by Crippen LogP contribution is -2.14. The molecule has 0 radical (unpaired) electrons. The molecule has 92 valence electrons. The second-order valence-corrected chi connectivity index (χ2v) is 4.77. The van der Waals surface area contributed by atoms with Crippen LogP contribution in [0.3, 0.4) is 0 Å². The topological polar surface area (TPSA) is 146 Å². The molecule has 17 heavy (non-hydrogen) atoms. The Morgan fingerprint density at radius 2 is 1.59 bits per heavy atom. The van der Waals surface area contributed by atoms with Gasteiger partial charge in [-0.05, 0) is 6.07 Å². The number of primary sulfonamides is 1. The van der Waals surface area contributed by atoms with Crippen molar-refractivity contribution in [3.63, 3.8) is 0 Å². The summed E-state index contributed by atoms with van der Waals surface area (Å²) < 4.78 is 22.1. The molecule has 1 aromatic carbocycles. The van der Waals surface area contributed by atoms with Crippen LogP contribution < -0.4 is 5.14 Å². The van der Waals surface area contributed by atoms with E-state index in [-0.39, 0.29) is 0 Å². The summed E-state index contributed by atoms with van der Waals surface area (Å²) >= 11 is 5.42. The number of benzene rings is 1. The number of nitro benzene ring substituents is 2. The largest absolute Gasteiger partial charge is 0.296 e. The van der Waals surface area contributed by atoms with Gasteiger partial charge in [0.1, 0.15) is 5.02 Å². The maximum absolute atomic E-state index is 11.0. The molecular weight excluding hydrogens is 278 g/mol. The number of hydrogen-bond donors (Lipinski definition) is 1. The van der Waals surface area contributed by atoms with Gasteiger partial charge in [0.2, 0.25) is 10.0 Å². The van der Waals surface area contributed by atoms with Gasteiger partial charge < -0.3 is 0 Å². The Labute approximate surface area is 99.1 Å². The van der Waals surface area contributed by atoms with Crippen LogP contribution in [0, 0.1) is 20.2 Å². The highest BCUT2D eigenvalue weighted by atomic mass is 35.5. The highest BCUT2D eigenvalue weighted by Gasteiger charge is 2.29. The van der Waals surface area contributed by atoms with Crippen molar-refractivity contribution in [3.8, 4) is 0 Å². The monoisotopic (exact) mass is 281 g/mol. The number of nitrogens with zero attached hydrogens (tertiary/aromatic N) is 2. The van der Waals surface area contributed by atoms with E-state index in [4.69, 9.17) is 16.7 Å². The highest BCUT2D eigenvalue weighted by molar-refractivity contribution is 7.89. The lowest BCUT2D eigenvalue weighted by Gasteiger charge is -2.01. The summed E-state index contributed by atoms with van der Waals surface area (Å²) in [6.45, 7) is 0. The number of hydrogen-bond acceptors (Lipinski definition) is 6. The minimum absolute atomic E-state index is 0.447. The first-order valence-electron chi connectivity index (χ1n) is 3.79. The van der Waals surface area contributed by atoms with Gasteiger partial charge in [0, 0.05) is 0 Å². The molecule has 0 amide bonds. The molecule has 0 bridgehead atoms. The molecule has 1 aromatic rings. The molecule has 0 aliphatic carbocycles. The zero-order valence-corrected chi connectivity index (χ0v) is 9.43. The van der Waals surface area contributed by atoms with Crippen LogP contribution in [0.25, 0.3) is 0 Å². The maximum atomic E-state index is 11.0. The molecule has 0 heterocycles. The summed E-state index contributed by atoms with van der Waals surface area (Å²) in [5.74, 6) is 0. The summed E-state index contributed by atoms with van der Waals surface area (Å²) in [7, 11) is -4.39. The van der Waals surface area contributed by atoms with Crippen LogP contribution in [-0.2, 0) is 10.0 Å². The highest BCUT2D eigenvalue weighted by Crippen LogP contribution is 2.34. The van der Waals surface area contributed by atoms with E-state index < -0.39 is 41.2 Å². The van der Waals surface area contributed by atoms with Crippen molar-refractivity contribution in [2.24, 2.45) is 5.14 Å². The van der Waals surface area contributed by atoms with Gasteiger partial charge in [-0.15, -0.1) is 0 Å². The fourth-order valence-electron chi connectivity index (χ4n) is 1.04. The predicted molar refractivity (Wildman–Crippen MR) is 56.1 cm³/mol. The summed E-state index contributed by atoms with van der Waals surface area (Å²) in [4.78, 5) is 18.1. The Morgan fingerprint density at radius 3 is 1.94 bits per heavy atom. The molecule has 11 heteroatoms. The Morgan fingerprint density at radius 1 is 1.12 bits per heavy atom. The second-order valence-electron chi connectivity index (χ2n) is 2.83. The number of rotatable bonds is 3. The number of nitrogens with two attached hydrogens (primary N) is 1. The van der Waals surface area contributed by atoms with Crippen LogP contribution in [-0.4, -0.2) is 18.3 Å². The van der Waals surface area contributed by atoms with Gasteiger partial charge in [0.05, 0.1) is 15.9 Å². The van der Waals surface area contributed by atoms with Crippen molar-refractivity contribution >= 4 is 33.0 Å². The van der Waals surface area contributed by atoms with Crippen molar-refractivity contribution in [1.29, 1.82) is 0 Å². The molecule has 0 saturated heterocycles. The third kappa shape index (κ3) is 2.67. The van der Waals surface area contributed by atoms with E-state index in [2.05, 4.69) is 0 Å². The van der Waals surface area contributed by atoms with Crippen molar-refractivity contribution in [2.45, 2.75) is 4.90 Å². The molecule has 0 atom stereocenters. The molecule has 0 aliphatic heterocycles. The summed E-state index contributed by atoms with van der Waals surface area (Å²) in [5.41, 5.74) is -1.77. The van der Waals surface area contributed by atoms with Crippen LogP contribution in [0.4, 0.5) is 11.4 Å². The van der Waals surface area contributed by atoms with Crippen molar-refractivity contribution < 1.29 is 18.3 Å². The van der Waals surface area contributed by atoms with Crippen molar-refractivity contribution in [1.82, 2.24) is 0 Å². The predicted octanol–water partition coefficient (Wildman–Crippen LogP) is 0.804. The van der Waals surface area contributed by atoms with Gasteiger partial charge in [0.25, 0.3) is 11.4 Å². The molecule has 2 N–H and O–H groups in total. The van der Waals surface area contributed by atoms with Gasteiger partial charge >= 0.3 is 0 Å². The average Bonchev–Trinajstić information content (AvgIpc) is 2.14. The van der Waals surface area contributed by atoms with Crippen molar-refractivity contribution in [2.75, 3.05) is 0 Å². The molecule has 0 fully saturated rings. The Hall–Kier alpha value is -1.78. The normalized spacial score (nSPS) is 11.2. The minimum atomic E-state index is -4.39. The Kier molecular flexibility index (Phi) is 3.31. The van der Waals surface area contributed by atoms with Gasteiger partial charge in [-0.25, -0.2) is 13.6 Å². The Balaban J connectivity index is 3.70. The van der Waals surface area contributed by atoms with Gasteiger partial charge in [-0.1, -0.05) is 11.6 Å². The lowest BCUT2D eigenvalue weighted by molar-refractivity contribution is -0.395. The van der Waals surface area contributed by atoms with Gasteiger partial charge in [-0.3, -0.25) is 20.2 Å². The summed E-state index contributed by atoms with van der Waals surface area (Å²) in [5, 5.41) is 25.2. The number of sulfonamides is 1. The van der Waals surface area contributed by atoms with E-state index in [1.165, 1.54) is 0 Å². The van der Waals surface area contributed by atoms with Crippen LogP contribution >= 0.6 is 11.6 Å². The van der Waals surface area contributed by atoms with E-state index in [0.717, 1.165) is 0 Å². The van der Waals surface area contributed by atoms with Crippen LogP contribution in [0.1, 0.15) is 0 Å². The molecular formula is C6H4ClN3O6S. The number of halogens is 1. The van der Waals surface area contributed by atoms with Crippen molar-refractivity contribution in [3.05, 3.63) is 37.4 Å². The third-order valence-electron chi connectivity index (χ3n) is 1.73. The van der Waals surface area contributed by atoms with E-state index in [1.54, 1.807) is 0 Å². The fraction of sp³-hybridized carbons (Fsp3) is 0. The van der Waals surface area contributed by atoms with E-state index in [1.807, 2.05) is 0 Å². The molecule has 0 unspecified atom stereocenters. The average molecular weight is 282 g/mol. The van der Waals surface area contributed by atoms with Gasteiger partial charge in [-0.2, -0.15) is 0 Å². The van der Waals surface area contributed by atoms with Gasteiger partial charge in [0.15, 0.2) is 4.90 Å². The van der Waals surface area contributed by atoms with E-state index >= 15 is 0 Å². The second kappa shape index (κ2) is 4.24. The molecule has 0 aliphatic rings. The molecule has 0 spiro atoms. The standard InChI is InChI=1S/C6H4ClN3O6S/c7-3-1-6(17(8,15)16)5(10(13)14)2-4(3)9(11)12/h1-2H,(H2,8,15,16). The SMILES string of the molecule is NS(=O)(=O)c1cc(Cl)c([N+](=O)[O-])cc1[N+](=O)[O-]. The van der Waals surface area contributed by atoms with E-state index in [9.17, 15) is 28.6 Å². The van der Waals surface area contributed by atoms with Crippen LogP contribution in [0.5, 0.6) is 0 Å². The first-order chi connectivity index (χ1) is 7.64. The van der Waals surface area contributed by atoms with Crippen LogP contribution in [0.15, 0.2) is 17.0 Å². The molecule has 9 nitrogen and oxygen atoms in total. The molecule has 1 rings (SSSR count). The summed E-state index contributed by atoms with van der Waals surface area (Å²) in [6.07, 6.45) is 0. The molecule has 0 saturated carbocycles. The lowest BCUT2D eigenvalue weighted by atomic mass is 10.3. The molecule has 0 aromatic heterocycles. The first-order valence-corrected chi connectivity index (χ1v) is 5.72. The Bertz CT molecular complexity index is 612. The smallest absolute Gasteiger partial charge is 0.258 e. The van der Waals surface area contributed by atoms with Crippen LogP contribution in [0.2, 0.25) is 5.02 Å².